The van der Waals surface area contributed by atoms with E-state index in [1.165, 1.54) is 15.3 Å². The molecule has 1 aromatic carbocycles. The van der Waals surface area contributed by atoms with Gasteiger partial charge in [0.1, 0.15) is 0 Å². The summed E-state index contributed by atoms with van der Waals surface area (Å²) in [6.07, 6.45) is 1.83. The van der Waals surface area contributed by atoms with Gasteiger partial charge in [0.15, 0.2) is 0 Å². The summed E-state index contributed by atoms with van der Waals surface area (Å²) in [5, 5.41) is 7.16. The zero-order valence-electron chi connectivity index (χ0n) is 16.1. The first-order valence-corrected chi connectivity index (χ1v) is 11.7. The monoisotopic (exact) mass is 422 g/mol. The average Bonchev–Trinajstić information content (AvgIpc) is 3.14. The average molecular weight is 423 g/mol. The highest BCUT2D eigenvalue weighted by molar-refractivity contribution is 7.10. The van der Waals surface area contributed by atoms with E-state index in [1.54, 1.807) is 22.7 Å². The first kappa shape index (κ1) is 18.6. The van der Waals surface area contributed by atoms with E-state index in [-0.39, 0.29) is 23.8 Å². The number of hydrogen-bond donors (Lipinski definition) is 1. The lowest BCUT2D eigenvalue weighted by Crippen LogP contribution is -2.39. The summed E-state index contributed by atoms with van der Waals surface area (Å²) in [5.74, 6) is 0.631. The van der Waals surface area contributed by atoms with Gasteiger partial charge in [-0.2, -0.15) is 0 Å². The number of amides is 2. The summed E-state index contributed by atoms with van der Waals surface area (Å²) >= 11 is 3.46. The van der Waals surface area contributed by atoms with Crippen LogP contribution >= 0.6 is 22.7 Å². The van der Waals surface area contributed by atoms with Crippen LogP contribution in [0.1, 0.15) is 45.1 Å². The van der Waals surface area contributed by atoms with Crippen LogP contribution in [-0.2, 0) is 11.2 Å². The van der Waals surface area contributed by atoms with Gasteiger partial charge < -0.3 is 10.2 Å². The number of thiophene rings is 2. The minimum Gasteiger partial charge on any atom is -0.326 e. The van der Waals surface area contributed by atoms with Gasteiger partial charge in [-0.1, -0.05) is 19.1 Å². The van der Waals surface area contributed by atoms with Crippen LogP contribution in [-0.4, -0.2) is 23.3 Å². The number of anilines is 1. The fourth-order valence-corrected chi connectivity index (χ4v) is 5.87. The Morgan fingerprint density at radius 2 is 1.97 bits per heavy atom. The molecule has 0 radical (unpaired) electrons. The minimum absolute atomic E-state index is 0.0103. The molecule has 1 N–H and O–H groups in total. The van der Waals surface area contributed by atoms with Crippen molar-refractivity contribution in [1.82, 2.24) is 4.90 Å². The number of nitrogens with one attached hydrogen (secondary N) is 1. The van der Waals surface area contributed by atoms with Gasteiger partial charge in [-0.3, -0.25) is 9.59 Å². The van der Waals surface area contributed by atoms with E-state index in [1.807, 2.05) is 35.2 Å². The smallest absolute Gasteiger partial charge is 0.254 e. The Balaban J connectivity index is 1.42. The van der Waals surface area contributed by atoms with Crippen LogP contribution in [0.5, 0.6) is 0 Å². The molecule has 3 heterocycles. The molecule has 0 bridgehead atoms. The van der Waals surface area contributed by atoms with Gasteiger partial charge in [0.2, 0.25) is 5.91 Å². The largest absolute Gasteiger partial charge is 0.326 e. The number of benzene rings is 1. The van der Waals surface area contributed by atoms with Crippen LogP contribution in [0, 0.1) is 11.8 Å². The normalized spacial score (nSPS) is 22.8. The Morgan fingerprint density at radius 3 is 2.72 bits per heavy atom. The van der Waals surface area contributed by atoms with E-state index in [9.17, 15) is 9.59 Å². The van der Waals surface area contributed by atoms with E-state index in [2.05, 4.69) is 35.1 Å². The van der Waals surface area contributed by atoms with Gasteiger partial charge in [-0.25, -0.2) is 0 Å². The van der Waals surface area contributed by atoms with Crippen molar-refractivity contribution in [1.29, 1.82) is 0 Å². The van der Waals surface area contributed by atoms with Gasteiger partial charge >= 0.3 is 0 Å². The highest BCUT2D eigenvalue weighted by atomic mass is 32.1. The molecule has 3 atom stereocenters. The quantitative estimate of drug-likeness (QED) is 0.629. The fourth-order valence-electron chi connectivity index (χ4n) is 4.11. The summed E-state index contributed by atoms with van der Waals surface area (Å²) in [6, 6.07) is 13.6. The molecular weight excluding hydrogens is 400 g/mol. The van der Waals surface area contributed by atoms with Crippen molar-refractivity contribution in [3.8, 4) is 0 Å². The lowest BCUT2D eigenvalue weighted by molar-refractivity contribution is -0.117. The van der Waals surface area contributed by atoms with Gasteiger partial charge in [-0.15, -0.1) is 22.7 Å². The third kappa shape index (κ3) is 3.51. The van der Waals surface area contributed by atoms with Crippen LogP contribution in [0.25, 0.3) is 0 Å². The Morgan fingerprint density at radius 1 is 1.10 bits per heavy atom. The lowest BCUT2D eigenvalue weighted by Gasteiger charge is -2.35. The molecule has 1 aliphatic heterocycles. The molecule has 148 valence electrons. The van der Waals surface area contributed by atoms with Crippen molar-refractivity contribution >= 4 is 40.2 Å². The molecule has 5 rings (SSSR count). The molecule has 0 saturated heterocycles. The van der Waals surface area contributed by atoms with Crippen molar-refractivity contribution < 1.29 is 9.59 Å². The predicted octanol–water partition coefficient (Wildman–Crippen LogP) is 5.19. The van der Waals surface area contributed by atoms with Crippen molar-refractivity contribution in [3.05, 3.63) is 74.1 Å². The van der Waals surface area contributed by atoms with Crippen molar-refractivity contribution in [2.45, 2.75) is 25.8 Å². The second-order valence-corrected chi connectivity index (χ2v) is 9.84. The van der Waals surface area contributed by atoms with Crippen LogP contribution in [0.15, 0.2) is 53.2 Å². The van der Waals surface area contributed by atoms with Gasteiger partial charge in [-0.05, 0) is 65.4 Å². The Labute approximate surface area is 178 Å². The summed E-state index contributed by atoms with van der Waals surface area (Å²) in [7, 11) is 0. The zero-order chi connectivity index (χ0) is 20.0. The number of carbonyl (C=O) groups is 2. The highest BCUT2D eigenvalue weighted by Gasteiger charge is 2.39. The molecule has 1 aliphatic carbocycles. The number of fused-ring (bicyclic) bond motifs is 1. The highest BCUT2D eigenvalue weighted by Crippen LogP contribution is 2.40. The maximum Gasteiger partial charge on any atom is 0.254 e. The molecule has 2 aliphatic rings. The van der Waals surface area contributed by atoms with Crippen LogP contribution in [0.2, 0.25) is 0 Å². The zero-order valence-corrected chi connectivity index (χ0v) is 17.8. The second kappa shape index (κ2) is 7.43. The van der Waals surface area contributed by atoms with Crippen LogP contribution in [0.3, 0.4) is 0 Å². The third-order valence-corrected chi connectivity index (χ3v) is 7.78. The van der Waals surface area contributed by atoms with Crippen LogP contribution < -0.4 is 5.32 Å². The number of carbonyl (C=O) groups excluding carboxylic acids is 2. The van der Waals surface area contributed by atoms with E-state index < -0.39 is 0 Å². The maximum absolute atomic E-state index is 13.5. The fraction of sp³-hybridized carbons (Fsp3) is 0.304. The molecule has 3 aromatic rings. The molecule has 29 heavy (non-hydrogen) atoms. The first-order chi connectivity index (χ1) is 14.1. The second-order valence-electron chi connectivity index (χ2n) is 7.86. The molecule has 0 spiro atoms. The standard InChI is InChI=1S/C23H22N2O2S2/c1-14-12-18(14)22(26)24-16-5-2-4-15(13-16)23(27)25-9-7-19-17(8-11-29-19)21(25)20-6-3-10-28-20/h2-6,8,10-11,13-14,18,21H,7,9,12H2,1H3,(H,24,26). The molecule has 2 amide bonds. The Bertz CT molecular complexity index is 1060. The third-order valence-electron chi connectivity index (χ3n) is 5.86. The topological polar surface area (TPSA) is 49.4 Å². The number of nitrogens with zero attached hydrogens (tertiary/aromatic N) is 1. The van der Waals surface area contributed by atoms with Crippen LogP contribution in [0.4, 0.5) is 5.69 Å². The molecular formula is C23H22N2O2S2. The van der Waals surface area contributed by atoms with E-state index in [0.29, 0.717) is 23.7 Å². The molecule has 3 unspecified atom stereocenters. The van der Waals surface area contributed by atoms with E-state index in [0.717, 1.165) is 12.8 Å². The van der Waals surface area contributed by atoms with Gasteiger partial charge in [0.25, 0.3) is 5.91 Å². The maximum atomic E-state index is 13.5. The summed E-state index contributed by atoms with van der Waals surface area (Å²) in [4.78, 5) is 30.3. The SMILES string of the molecule is CC1CC1C(=O)Nc1cccc(C(=O)N2CCc3sccc3C2c2cccs2)c1. The summed E-state index contributed by atoms with van der Waals surface area (Å²) < 4.78 is 0. The Kier molecular flexibility index (Phi) is 4.76. The molecule has 1 fully saturated rings. The summed E-state index contributed by atoms with van der Waals surface area (Å²) in [5.41, 5.74) is 2.55. The predicted molar refractivity (Wildman–Crippen MR) is 118 cm³/mol. The van der Waals surface area contributed by atoms with Gasteiger partial charge in [0.05, 0.1) is 6.04 Å². The number of hydrogen-bond acceptors (Lipinski definition) is 4. The Hall–Kier alpha value is -2.44. The van der Waals surface area contributed by atoms with E-state index in [4.69, 9.17) is 0 Å². The van der Waals surface area contributed by atoms with E-state index >= 15 is 0 Å². The molecule has 4 nitrogen and oxygen atoms in total. The van der Waals surface area contributed by atoms with Gasteiger partial charge in [0, 0.05) is 33.5 Å². The molecule has 6 heteroatoms. The minimum atomic E-state index is -0.0388. The first-order valence-electron chi connectivity index (χ1n) is 9.93. The summed E-state index contributed by atoms with van der Waals surface area (Å²) in [6.45, 7) is 2.79. The molecule has 2 aromatic heterocycles. The van der Waals surface area contributed by atoms with Crippen molar-refractivity contribution in [2.75, 3.05) is 11.9 Å². The van der Waals surface area contributed by atoms with Crippen molar-refractivity contribution in [2.24, 2.45) is 11.8 Å². The number of rotatable bonds is 4. The van der Waals surface area contributed by atoms with Crippen molar-refractivity contribution in [3.63, 3.8) is 0 Å². The molecule has 1 saturated carbocycles. The lowest BCUT2D eigenvalue weighted by atomic mass is 9.97.